The summed E-state index contributed by atoms with van der Waals surface area (Å²) >= 11 is 6.29. The van der Waals surface area contributed by atoms with Crippen LogP contribution in [0.3, 0.4) is 0 Å². The molecule has 0 saturated carbocycles. The molecule has 0 saturated heterocycles. The van der Waals surface area contributed by atoms with Gasteiger partial charge in [-0.05, 0) is 18.9 Å². The van der Waals surface area contributed by atoms with Crippen LogP contribution < -0.4 is 5.32 Å². The third-order valence-corrected chi connectivity index (χ3v) is 3.39. The van der Waals surface area contributed by atoms with Crippen molar-refractivity contribution >= 4 is 17.5 Å². The standard InChI is InChI=1S/C15H18ClN3O/c1-3-9-17-15(20)13-11(2)18-19(14(13)16)10-12-7-5-4-6-8-12/h4-8H,3,9-10H2,1-2H3,(H,17,20). The van der Waals surface area contributed by atoms with E-state index in [1.54, 1.807) is 11.6 Å². The average molecular weight is 292 g/mol. The summed E-state index contributed by atoms with van der Waals surface area (Å²) < 4.78 is 1.66. The number of hydrogen-bond acceptors (Lipinski definition) is 2. The van der Waals surface area contributed by atoms with Gasteiger partial charge in [-0.1, -0.05) is 48.9 Å². The van der Waals surface area contributed by atoms with Gasteiger partial charge in [0.25, 0.3) is 5.91 Å². The lowest BCUT2D eigenvalue weighted by Crippen LogP contribution is -2.24. The Morgan fingerprint density at radius 3 is 2.70 bits per heavy atom. The number of carbonyl (C=O) groups is 1. The van der Waals surface area contributed by atoms with Gasteiger partial charge in [0, 0.05) is 6.54 Å². The van der Waals surface area contributed by atoms with E-state index in [4.69, 9.17) is 11.6 Å². The molecule has 0 aliphatic rings. The maximum absolute atomic E-state index is 12.1. The van der Waals surface area contributed by atoms with Crippen LogP contribution in [0, 0.1) is 6.92 Å². The second-order valence-corrected chi connectivity index (χ2v) is 5.01. The van der Waals surface area contributed by atoms with Crippen LogP contribution in [0.2, 0.25) is 5.15 Å². The zero-order valence-corrected chi connectivity index (χ0v) is 12.4. The van der Waals surface area contributed by atoms with Crippen LogP contribution in [-0.4, -0.2) is 22.2 Å². The molecule has 1 heterocycles. The summed E-state index contributed by atoms with van der Waals surface area (Å²) in [4.78, 5) is 12.1. The fourth-order valence-electron chi connectivity index (χ4n) is 2.00. The predicted octanol–water partition coefficient (Wildman–Crippen LogP) is 3.03. The lowest BCUT2D eigenvalue weighted by molar-refractivity contribution is 0.0953. The number of benzene rings is 1. The first-order valence-electron chi connectivity index (χ1n) is 6.68. The molecular weight excluding hydrogens is 274 g/mol. The number of aromatic nitrogens is 2. The van der Waals surface area contributed by atoms with E-state index in [1.807, 2.05) is 37.3 Å². The van der Waals surface area contributed by atoms with Crippen molar-refractivity contribution in [2.45, 2.75) is 26.8 Å². The molecule has 20 heavy (non-hydrogen) atoms. The molecule has 1 N–H and O–H groups in total. The van der Waals surface area contributed by atoms with Crippen molar-refractivity contribution in [2.75, 3.05) is 6.54 Å². The van der Waals surface area contributed by atoms with Gasteiger partial charge in [-0.2, -0.15) is 5.10 Å². The number of hydrogen-bond donors (Lipinski definition) is 1. The highest BCUT2D eigenvalue weighted by atomic mass is 35.5. The van der Waals surface area contributed by atoms with E-state index in [0.717, 1.165) is 12.0 Å². The Labute approximate surface area is 123 Å². The van der Waals surface area contributed by atoms with Crippen molar-refractivity contribution in [1.29, 1.82) is 0 Å². The number of aryl methyl sites for hydroxylation is 1. The summed E-state index contributed by atoms with van der Waals surface area (Å²) in [6.45, 7) is 5.00. The smallest absolute Gasteiger partial charge is 0.256 e. The minimum atomic E-state index is -0.159. The summed E-state index contributed by atoms with van der Waals surface area (Å²) in [5, 5.41) is 7.58. The molecule has 1 aromatic heterocycles. The highest BCUT2D eigenvalue weighted by Gasteiger charge is 2.19. The van der Waals surface area contributed by atoms with Gasteiger partial charge in [-0.25, -0.2) is 4.68 Å². The first-order chi connectivity index (χ1) is 9.63. The van der Waals surface area contributed by atoms with E-state index < -0.39 is 0 Å². The average Bonchev–Trinajstić information content (AvgIpc) is 2.72. The molecule has 0 atom stereocenters. The first kappa shape index (κ1) is 14.6. The van der Waals surface area contributed by atoms with Crippen LogP contribution in [-0.2, 0) is 6.54 Å². The highest BCUT2D eigenvalue weighted by molar-refractivity contribution is 6.33. The molecule has 2 rings (SSSR count). The van der Waals surface area contributed by atoms with Crippen LogP contribution in [0.5, 0.6) is 0 Å². The topological polar surface area (TPSA) is 46.9 Å². The van der Waals surface area contributed by atoms with Crippen LogP contribution >= 0.6 is 11.6 Å². The van der Waals surface area contributed by atoms with E-state index >= 15 is 0 Å². The molecule has 0 radical (unpaired) electrons. The Bertz CT molecular complexity index is 593. The molecule has 5 heteroatoms. The number of carbonyl (C=O) groups excluding carboxylic acids is 1. The first-order valence-corrected chi connectivity index (χ1v) is 7.06. The predicted molar refractivity (Wildman–Crippen MR) is 80.1 cm³/mol. The maximum Gasteiger partial charge on any atom is 0.256 e. The van der Waals surface area contributed by atoms with Gasteiger partial charge in [0.15, 0.2) is 0 Å². The van der Waals surface area contributed by atoms with Crippen LogP contribution in [0.15, 0.2) is 30.3 Å². The number of amides is 1. The summed E-state index contributed by atoms with van der Waals surface area (Å²) in [6, 6.07) is 9.90. The summed E-state index contributed by atoms with van der Waals surface area (Å²) in [7, 11) is 0. The normalized spacial score (nSPS) is 10.6. The van der Waals surface area contributed by atoms with E-state index in [9.17, 15) is 4.79 Å². The zero-order valence-electron chi connectivity index (χ0n) is 11.7. The van der Waals surface area contributed by atoms with E-state index in [0.29, 0.717) is 29.5 Å². The van der Waals surface area contributed by atoms with Gasteiger partial charge in [-0.3, -0.25) is 4.79 Å². The fourth-order valence-corrected chi connectivity index (χ4v) is 2.32. The third kappa shape index (κ3) is 3.20. The molecule has 0 aliphatic heterocycles. The molecule has 106 valence electrons. The second kappa shape index (κ2) is 6.57. The largest absolute Gasteiger partial charge is 0.352 e. The molecule has 0 aliphatic carbocycles. The summed E-state index contributed by atoms with van der Waals surface area (Å²) in [5.74, 6) is -0.159. The lowest BCUT2D eigenvalue weighted by Gasteiger charge is -2.04. The van der Waals surface area contributed by atoms with Crippen molar-refractivity contribution in [3.8, 4) is 0 Å². The Morgan fingerprint density at radius 1 is 1.35 bits per heavy atom. The molecular formula is C15H18ClN3O. The van der Waals surface area contributed by atoms with Crippen molar-refractivity contribution in [3.63, 3.8) is 0 Å². The number of nitrogens with zero attached hydrogens (tertiary/aromatic N) is 2. The maximum atomic E-state index is 12.1. The lowest BCUT2D eigenvalue weighted by atomic mass is 10.2. The van der Waals surface area contributed by atoms with E-state index in [2.05, 4.69) is 10.4 Å². The second-order valence-electron chi connectivity index (χ2n) is 4.65. The van der Waals surface area contributed by atoms with Crippen molar-refractivity contribution in [1.82, 2.24) is 15.1 Å². The molecule has 0 spiro atoms. The fraction of sp³-hybridized carbons (Fsp3) is 0.333. The van der Waals surface area contributed by atoms with Crippen molar-refractivity contribution in [2.24, 2.45) is 0 Å². The Morgan fingerprint density at radius 2 is 2.05 bits per heavy atom. The van der Waals surface area contributed by atoms with E-state index in [-0.39, 0.29) is 5.91 Å². The Hall–Kier alpha value is -1.81. The van der Waals surface area contributed by atoms with E-state index in [1.165, 1.54) is 0 Å². The summed E-state index contributed by atoms with van der Waals surface area (Å²) in [6.07, 6.45) is 0.889. The van der Waals surface area contributed by atoms with Gasteiger partial charge in [0.1, 0.15) is 5.15 Å². The SMILES string of the molecule is CCCNC(=O)c1c(C)nn(Cc2ccccc2)c1Cl. The molecule has 1 aromatic carbocycles. The van der Waals surface area contributed by atoms with Gasteiger partial charge in [-0.15, -0.1) is 0 Å². The Kier molecular flexibility index (Phi) is 4.79. The van der Waals surface area contributed by atoms with Crippen LogP contribution in [0.1, 0.15) is 35.0 Å². The van der Waals surface area contributed by atoms with Crippen LogP contribution in [0.4, 0.5) is 0 Å². The molecule has 0 bridgehead atoms. The third-order valence-electron chi connectivity index (χ3n) is 3.00. The molecule has 1 amide bonds. The number of halogens is 1. The minimum Gasteiger partial charge on any atom is -0.352 e. The monoisotopic (exact) mass is 291 g/mol. The van der Waals surface area contributed by atoms with Gasteiger partial charge >= 0.3 is 0 Å². The summed E-state index contributed by atoms with van der Waals surface area (Å²) in [5.41, 5.74) is 2.22. The number of nitrogens with one attached hydrogen (secondary N) is 1. The Balaban J connectivity index is 2.22. The highest BCUT2D eigenvalue weighted by Crippen LogP contribution is 2.20. The van der Waals surface area contributed by atoms with Gasteiger partial charge in [0.2, 0.25) is 0 Å². The van der Waals surface area contributed by atoms with Crippen molar-refractivity contribution in [3.05, 3.63) is 52.3 Å². The molecule has 0 unspecified atom stereocenters. The molecule has 0 fully saturated rings. The van der Waals surface area contributed by atoms with Crippen LogP contribution in [0.25, 0.3) is 0 Å². The van der Waals surface area contributed by atoms with Gasteiger partial charge in [0.05, 0.1) is 17.8 Å². The van der Waals surface area contributed by atoms with Crippen molar-refractivity contribution < 1.29 is 4.79 Å². The number of rotatable bonds is 5. The zero-order chi connectivity index (χ0) is 14.5. The minimum absolute atomic E-state index is 0.159. The quantitative estimate of drug-likeness (QED) is 0.920. The van der Waals surface area contributed by atoms with Gasteiger partial charge < -0.3 is 5.32 Å². The molecule has 4 nitrogen and oxygen atoms in total. The molecule has 2 aromatic rings.